The van der Waals surface area contributed by atoms with Crippen LogP contribution in [-0.2, 0) is 15.4 Å². The van der Waals surface area contributed by atoms with Crippen molar-refractivity contribution in [2.45, 2.75) is 24.7 Å². The molecule has 0 amide bonds. The predicted octanol–water partition coefficient (Wildman–Crippen LogP) is 1.44. The molecule has 0 radical (unpaired) electrons. The molecule has 2 rings (SSSR count). The summed E-state index contributed by atoms with van der Waals surface area (Å²) in [6.07, 6.45) is 4.76. The Balaban J connectivity index is 0.00000288. The lowest BCUT2D eigenvalue weighted by molar-refractivity contribution is 0.244. The van der Waals surface area contributed by atoms with Gasteiger partial charge >= 0.3 is 0 Å². The number of hydrogen-bond donors (Lipinski definition) is 3. The van der Waals surface area contributed by atoms with Crippen molar-refractivity contribution >= 4 is 40.0 Å². The fourth-order valence-corrected chi connectivity index (χ4v) is 3.33. The number of rotatable bonds is 7. The highest BCUT2D eigenvalue weighted by Crippen LogP contribution is 2.43. The molecule has 24 heavy (non-hydrogen) atoms. The first-order valence-electron chi connectivity index (χ1n) is 7.90. The third-order valence-electron chi connectivity index (χ3n) is 4.30. The number of nitrogens with zero attached hydrogens (tertiary/aromatic N) is 1. The van der Waals surface area contributed by atoms with Crippen LogP contribution in [0.15, 0.2) is 35.3 Å². The van der Waals surface area contributed by atoms with Gasteiger partial charge in [-0.25, -0.2) is 13.1 Å². The summed E-state index contributed by atoms with van der Waals surface area (Å²) in [5.41, 5.74) is 1.55. The van der Waals surface area contributed by atoms with Crippen molar-refractivity contribution in [3.8, 4) is 0 Å². The summed E-state index contributed by atoms with van der Waals surface area (Å²) in [6.45, 7) is 1.66. The third-order valence-corrected chi connectivity index (χ3v) is 5.02. The van der Waals surface area contributed by atoms with Gasteiger partial charge in [0.05, 0.1) is 6.26 Å². The second-order valence-corrected chi connectivity index (χ2v) is 7.85. The number of sulfonamides is 1. The maximum atomic E-state index is 11.0. The van der Waals surface area contributed by atoms with Crippen LogP contribution < -0.4 is 15.4 Å². The van der Waals surface area contributed by atoms with Crippen molar-refractivity contribution in [3.05, 3.63) is 35.9 Å². The molecule has 1 aromatic carbocycles. The molecule has 0 unspecified atom stereocenters. The standard InChI is InChI=1S/C16H26N4O2S.HI/c1-17-15(18-11-12-20-23(2,21)22)19-13-16(9-6-10-16)14-7-4-3-5-8-14;/h3-5,7-8,20H,6,9-13H2,1-2H3,(H2,17,18,19);1H. The van der Waals surface area contributed by atoms with Gasteiger partial charge in [0, 0.05) is 32.1 Å². The van der Waals surface area contributed by atoms with Crippen LogP contribution in [0.2, 0.25) is 0 Å². The Bertz CT molecular complexity index is 631. The van der Waals surface area contributed by atoms with E-state index < -0.39 is 10.0 Å². The van der Waals surface area contributed by atoms with Gasteiger partial charge in [-0.3, -0.25) is 4.99 Å². The number of benzene rings is 1. The van der Waals surface area contributed by atoms with Gasteiger partial charge in [0.2, 0.25) is 10.0 Å². The minimum absolute atomic E-state index is 0. The zero-order valence-corrected chi connectivity index (χ0v) is 17.4. The summed E-state index contributed by atoms with van der Waals surface area (Å²) in [7, 11) is -1.43. The summed E-state index contributed by atoms with van der Waals surface area (Å²) < 4.78 is 24.5. The van der Waals surface area contributed by atoms with E-state index in [1.54, 1.807) is 7.05 Å². The van der Waals surface area contributed by atoms with Crippen LogP contribution in [0.3, 0.4) is 0 Å². The number of guanidine groups is 1. The Morgan fingerprint density at radius 2 is 1.83 bits per heavy atom. The summed E-state index contributed by atoms with van der Waals surface area (Å²) in [6, 6.07) is 10.6. The molecule has 1 saturated carbocycles. The van der Waals surface area contributed by atoms with Crippen LogP contribution in [-0.4, -0.2) is 47.3 Å². The van der Waals surface area contributed by atoms with Crippen molar-refractivity contribution < 1.29 is 8.42 Å². The maximum Gasteiger partial charge on any atom is 0.208 e. The first-order valence-corrected chi connectivity index (χ1v) is 9.79. The predicted molar refractivity (Wildman–Crippen MR) is 110 cm³/mol. The Kier molecular flexibility index (Phi) is 8.44. The van der Waals surface area contributed by atoms with Crippen molar-refractivity contribution in [1.29, 1.82) is 0 Å². The summed E-state index contributed by atoms with van der Waals surface area (Å²) >= 11 is 0. The zero-order valence-electron chi connectivity index (χ0n) is 14.2. The smallest absolute Gasteiger partial charge is 0.208 e. The fraction of sp³-hybridized carbons (Fsp3) is 0.562. The van der Waals surface area contributed by atoms with Gasteiger partial charge in [0.15, 0.2) is 5.96 Å². The van der Waals surface area contributed by atoms with Gasteiger partial charge < -0.3 is 10.6 Å². The quantitative estimate of drug-likeness (QED) is 0.246. The average molecular weight is 466 g/mol. The SMILES string of the molecule is CN=C(NCCNS(C)(=O)=O)NCC1(c2ccccc2)CCC1.I. The molecule has 8 heteroatoms. The van der Waals surface area contributed by atoms with Crippen LogP contribution in [0.4, 0.5) is 0 Å². The fourth-order valence-electron chi connectivity index (χ4n) is 2.85. The molecular weight excluding hydrogens is 439 g/mol. The molecule has 1 aliphatic rings. The molecule has 0 saturated heterocycles. The molecule has 0 spiro atoms. The Morgan fingerprint density at radius 1 is 1.17 bits per heavy atom. The normalized spacial score (nSPS) is 16.7. The molecule has 0 aliphatic heterocycles. The summed E-state index contributed by atoms with van der Waals surface area (Å²) in [5, 5.41) is 6.50. The number of halogens is 1. The minimum atomic E-state index is -3.15. The van der Waals surface area contributed by atoms with Gasteiger partial charge in [-0.05, 0) is 18.4 Å². The highest BCUT2D eigenvalue weighted by molar-refractivity contribution is 14.0. The molecule has 1 aliphatic carbocycles. The first-order chi connectivity index (χ1) is 11.0. The van der Waals surface area contributed by atoms with Crippen LogP contribution in [0.5, 0.6) is 0 Å². The Hall–Kier alpha value is -0.870. The first kappa shape index (κ1) is 21.2. The monoisotopic (exact) mass is 466 g/mol. The van der Waals surface area contributed by atoms with E-state index in [-0.39, 0.29) is 29.4 Å². The highest BCUT2D eigenvalue weighted by Gasteiger charge is 2.38. The molecule has 136 valence electrons. The van der Waals surface area contributed by atoms with E-state index in [4.69, 9.17) is 0 Å². The van der Waals surface area contributed by atoms with Gasteiger partial charge in [-0.15, -0.1) is 24.0 Å². The van der Waals surface area contributed by atoms with E-state index in [1.165, 1.54) is 24.8 Å². The van der Waals surface area contributed by atoms with E-state index in [1.807, 2.05) is 6.07 Å². The van der Waals surface area contributed by atoms with E-state index >= 15 is 0 Å². The average Bonchev–Trinajstić information content (AvgIpc) is 2.48. The topological polar surface area (TPSA) is 82.6 Å². The lowest BCUT2D eigenvalue weighted by Gasteiger charge is -2.43. The largest absolute Gasteiger partial charge is 0.356 e. The lowest BCUT2D eigenvalue weighted by Crippen LogP contribution is -2.49. The lowest BCUT2D eigenvalue weighted by atomic mass is 9.64. The van der Waals surface area contributed by atoms with Crippen molar-refractivity contribution in [2.75, 3.05) is 32.9 Å². The number of hydrogen-bond acceptors (Lipinski definition) is 3. The molecule has 0 atom stereocenters. The zero-order chi connectivity index (χ0) is 16.8. The van der Waals surface area contributed by atoms with Crippen molar-refractivity contribution in [3.63, 3.8) is 0 Å². The van der Waals surface area contributed by atoms with Gasteiger partial charge in [0.1, 0.15) is 0 Å². The van der Waals surface area contributed by atoms with E-state index in [2.05, 4.69) is 44.6 Å². The van der Waals surface area contributed by atoms with Gasteiger partial charge in [-0.1, -0.05) is 36.8 Å². The van der Waals surface area contributed by atoms with Crippen LogP contribution in [0.25, 0.3) is 0 Å². The second-order valence-electron chi connectivity index (χ2n) is 6.02. The van der Waals surface area contributed by atoms with Crippen molar-refractivity contribution in [1.82, 2.24) is 15.4 Å². The van der Waals surface area contributed by atoms with Gasteiger partial charge in [-0.2, -0.15) is 0 Å². The summed E-state index contributed by atoms with van der Waals surface area (Å²) in [5.74, 6) is 0.697. The van der Waals surface area contributed by atoms with Crippen molar-refractivity contribution in [2.24, 2.45) is 4.99 Å². The Labute approximate surface area is 162 Å². The molecular formula is C16H27IN4O2S. The molecule has 0 aromatic heterocycles. The van der Waals surface area contributed by atoms with E-state index in [0.717, 1.165) is 12.8 Å². The van der Waals surface area contributed by atoms with Crippen LogP contribution >= 0.6 is 24.0 Å². The molecule has 6 nitrogen and oxygen atoms in total. The number of aliphatic imine (C=N–C) groups is 1. The van der Waals surface area contributed by atoms with Gasteiger partial charge in [0.25, 0.3) is 0 Å². The molecule has 0 bridgehead atoms. The second kappa shape index (κ2) is 9.57. The maximum absolute atomic E-state index is 11.0. The van der Waals surface area contributed by atoms with Crippen LogP contribution in [0, 0.1) is 0 Å². The molecule has 3 N–H and O–H groups in total. The molecule has 1 aromatic rings. The number of nitrogens with one attached hydrogen (secondary N) is 3. The van der Waals surface area contributed by atoms with Crippen LogP contribution in [0.1, 0.15) is 24.8 Å². The minimum Gasteiger partial charge on any atom is -0.356 e. The summed E-state index contributed by atoms with van der Waals surface area (Å²) in [4.78, 5) is 4.19. The highest BCUT2D eigenvalue weighted by atomic mass is 127. The van der Waals surface area contributed by atoms with E-state index in [0.29, 0.717) is 19.0 Å². The molecule has 0 heterocycles. The molecule has 1 fully saturated rings. The van der Waals surface area contributed by atoms with E-state index in [9.17, 15) is 8.42 Å². The Morgan fingerprint density at radius 3 is 2.33 bits per heavy atom. The third kappa shape index (κ3) is 6.21.